The molecule has 28 heavy (non-hydrogen) atoms. The molecule has 0 aliphatic heterocycles. The van der Waals surface area contributed by atoms with Gasteiger partial charge in [0.2, 0.25) is 5.82 Å². The molecule has 140 valence electrons. The number of nitriles is 1. The highest BCUT2D eigenvalue weighted by atomic mass is 19.4. The molecule has 0 amide bonds. The van der Waals surface area contributed by atoms with Crippen LogP contribution in [-0.4, -0.2) is 33.2 Å². The largest absolute Gasteiger partial charge is 0.405 e. The molecule has 4 rings (SSSR count). The summed E-state index contributed by atoms with van der Waals surface area (Å²) >= 11 is 0. The lowest BCUT2D eigenvalue weighted by molar-refractivity contribution is -0.115. The normalized spacial score (nSPS) is 11.5. The fourth-order valence-electron chi connectivity index (χ4n) is 2.50. The zero-order chi connectivity index (χ0) is 19.7. The van der Waals surface area contributed by atoms with Gasteiger partial charge in [0.15, 0.2) is 0 Å². The summed E-state index contributed by atoms with van der Waals surface area (Å²) in [7, 11) is 0. The third-order valence-corrected chi connectivity index (χ3v) is 3.80. The van der Waals surface area contributed by atoms with Gasteiger partial charge in [0.1, 0.15) is 23.6 Å². The quantitative estimate of drug-likeness (QED) is 0.564. The molecule has 0 bridgehead atoms. The van der Waals surface area contributed by atoms with Crippen molar-refractivity contribution < 1.29 is 22.3 Å². The summed E-state index contributed by atoms with van der Waals surface area (Å²) in [6.07, 6.45) is -4.40. The third-order valence-electron chi connectivity index (χ3n) is 3.80. The molecular formula is C17H9F3N6O2. The SMILES string of the molecule is N#Cc1cc(-c2nc(-c3ccc4nonc4c3)no2)ccc1NCC(F)(F)F. The van der Waals surface area contributed by atoms with Crippen LogP contribution in [0.1, 0.15) is 5.56 Å². The van der Waals surface area contributed by atoms with E-state index in [0.717, 1.165) is 0 Å². The van der Waals surface area contributed by atoms with Gasteiger partial charge in [-0.05, 0) is 46.7 Å². The van der Waals surface area contributed by atoms with Crippen LogP contribution in [0.5, 0.6) is 0 Å². The van der Waals surface area contributed by atoms with Crippen LogP contribution < -0.4 is 5.32 Å². The predicted molar refractivity (Wildman–Crippen MR) is 89.8 cm³/mol. The summed E-state index contributed by atoms with van der Waals surface area (Å²) in [5.74, 6) is 0.393. The van der Waals surface area contributed by atoms with Crippen molar-refractivity contribution in [2.75, 3.05) is 11.9 Å². The fourth-order valence-corrected chi connectivity index (χ4v) is 2.50. The number of nitrogens with one attached hydrogen (secondary N) is 1. The van der Waals surface area contributed by atoms with Gasteiger partial charge in [0.25, 0.3) is 5.89 Å². The zero-order valence-corrected chi connectivity index (χ0v) is 13.9. The van der Waals surface area contributed by atoms with Crippen LogP contribution >= 0.6 is 0 Å². The number of aromatic nitrogens is 4. The number of anilines is 1. The molecule has 0 unspecified atom stereocenters. The number of rotatable bonds is 4. The minimum atomic E-state index is -4.40. The van der Waals surface area contributed by atoms with E-state index in [0.29, 0.717) is 22.2 Å². The van der Waals surface area contributed by atoms with Crippen LogP contribution in [0, 0.1) is 11.3 Å². The van der Waals surface area contributed by atoms with Gasteiger partial charge in [0.05, 0.1) is 11.3 Å². The Morgan fingerprint density at radius 3 is 2.57 bits per heavy atom. The Hall–Kier alpha value is -3.94. The van der Waals surface area contributed by atoms with E-state index in [1.54, 1.807) is 18.2 Å². The minimum Gasteiger partial charge on any atom is -0.375 e. The summed E-state index contributed by atoms with van der Waals surface area (Å²) in [4.78, 5) is 4.27. The van der Waals surface area contributed by atoms with Gasteiger partial charge in [-0.15, -0.1) is 0 Å². The zero-order valence-electron chi connectivity index (χ0n) is 13.9. The molecular weight excluding hydrogens is 377 g/mol. The Labute approximate surface area is 154 Å². The minimum absolute atomic E-state index is 0.0246. The predicted octanol–water partition coefficient (Wildman–Crippen LogP) is 3.79. The average molecular weight is 386 g/mol. The summed E-state index contributed by atoms with van der Waals surface area (Å²) in [6.45, 7) is -1.24. The second-order valence-corrected chi connectivity index (χ2v) is 5.73. The maximum Gasteiger partial charge on any atom is 0.405 e. The van der Waals surface area contributed by atoms with Crippen molar-refractivity contribution >= 4 is 16.7 Å². The van der Waals surface area contributed by atoms with Gasteiger partial charge in [-0.25, -0.2) is 4.63 Å². The number of alkyl halides is 3. The molecule has 2 aromatic carbocycles. The van der Waals surface area contributed by atoms with Crippen molar-refractivity contribution in [1.82, 2.24) is 20.5 Å². The van der Waals surface area contributed by atoms with E-state index in [-0.39, 0.29) is 23.0 Å². The molecule has 8 nitrogen and oxygen atoms in total. The first kappa shape index (κ1) is 17.5. The molecule has 4 aromatic rings. The molecule has 0 aliphatic rings. The second kappa shape index (κ2) is 6.66. The summed E-state index contributed by atoms with van der Waals surface area (Å²) < 4.78 is 47.0. The summed E-state index contributed by atoms with van der Waals surface area (Å²) in [5, 5.41) is 22.8. The van der Waals surface area contributed by atoms with E-state index >= 15 is 0 Å². The highest BCUT2D eigenvalue weighted by Crippen LogP contribution is 2.27. The topological polar surface area (TPSA) is 114 Å². The lowest BCUT2D eigenvalue weighted by atomic mass is 10.1. The molecule has 1 N–H and O–H groups in total. The van der Waals surface area contributed by atoms with Gasteiger partial charge < -0.3 is 9.84 Å². The number of fused-ring (bicyclic) bond motifs is 1. The highest BCUT2D eigenvalue weighted by molar-refractivity contribution is 5.79. The Morgan fingerprint density at radius 2 is 1.79 bits per heavy atom. The van der Waals surface area contributed by atoms with Crippen molar-refractivity contribution in [1.29, 1.82) is 5.26 Å². The smallest absolute Gasteiger partial charge is 0.375 e. The van der Waals surface area contributed by atoms with Crippen LogP contribution in [0.4, 0.5) is 18.9 Å². The summed E-state index contributed by atoms with van der Waals surface area (Å²) in [5.41, 5.74) is 2.20. The van der Waals surface area contributed by atoms with Crippen molar-refractivity contribution in [3.63, 3.8) is 0 Å². The Bertz CT molecular complexity index is 1190. The first-order valence-electron chi connectivity index (χ1n) is 7.84. The molecule has 0 spiro atoms. The van der Waals surface area contributed by atoms with E-state index in [4.69, 9.17) is 4.52 Å². The van der Waals surface area contributed by atoms with Crippen LogP contribution in [0.2, 0.25) is 0 Å². The molecule has 0 atom stereocenters. The van der Waals surface area contributed by atoms with Gasteiger partial charge in [0, 0.05) is 11.1 Å². The maximum absolute atomic E-state index is 12.4. The molecule has 2 heterocycles. The number of hydrogen-bond donors (Lipinski definition) is 1. The van der Waals surface area contributed by atoms with Crippen molar-refractivity contribution in [3.8, 4) is 28.9 Å². The second-order valence-electron chi connectivity index (χ2n) is 5.73. The van der Waals surface area contributed by atoms with Crippen LogP contribution in [0.15, 0.2) is 45.6 Å². The Morgan fingerprint density at radius 1 is 1.00 bits per heavy atom. The lowest BCUT2D eigenvalue weighted by Crippen LogP contribution is -2.21. The Balaban J connectivity index is 1.62. The standard InChI is InChI=1S/C17H9F3N6O2/c18-17(19,20)8-22-12-3-2-10(5-11(12)7-21)16-23-15(26-27-16)9-1-4-13-14(6-9)25-28-24-13/h1-6,22H,8H2. The maximum atomic E-state index is 12.4. The lowest BCUT2D eigenvalue weighted by Gasteiger charge is -2.11. The first-order valence-corrected chi connectivity index (χ1v) is 7.84. The van der Waals surface area contributed by atoms with Crippen LogP contribution in [0.25, 0.3) is 33.9 Å². The number of hydrogen-bond acceptors (Lipinski definition) is 8. The molecule has 2 aromatic heterocycles. The molecule has 0 fully saturated rings. The first-order chi connectivity index (χ1) is 13.4. The van der Waals surface area contributed by atoms with Crippen LogP contribution in [0.3, 0.4) is 0 Å². The Kier molecular flexibility index (Phi) is 4.15. The van der Waals surface area contributed by atoms with Crippen molar-refractivity contribution in [3.05, 3.63) is 42.0 Å². The van der Waals surface area contributed by atoms with Crippen molar-refractivity contribution in [2.45, 2.75) is 6.18 Å². The van der Waals surface area contributed by atoms with E-state index in [1.807, 2.05) is 6.07 Å². The van der Waals surface area contributed by atoms with Gasteiger partial charge in [-0.3, -0.25) is 0 Å². The molecule has 0 saturated heterocycles. The van der Waals surface area contributed by atoms with Gasteiger partial charge in [-0.2, -0.15) is 23.4 Å². The van der Waals surface area contributed by atoms with Crippen molar-refractivity contribution in [2.24, 2.45) is 0 Å². The third kappa shape index (κ3) is 3.48. The fraction of sp³-hybridized carbons (Fsp3) is 0.118. The van der Waals surface area contributed by atoms with Crippen LogP contribution in [-0.2, 0) is 0 Å². The van der Waals surface area contributed by atoms with Gasteiger partial charge >= 0.3 is 6.18 Å². The highest BCUT2D eigenvalue weighted by Gasteiger charge is 2.27. The monoisotopic (exact) mass is 386 g/mol. The molecule has 0 radical (unpaired) electrons. The number of nitrogens with zero attached hydrogens (tertiary/aromatic N) is 5. The molecule has 0 aliphatic carbocycles. The van der Waals surface area contributed by atoms with E-state index < -0.39 is 12.7 Å². The van der Waals surface area contributed by atoms with E-state index in [1.165, 1.54) is 18.2 Å². The number of benzene rings is 2. The number of halogens is 3. The van der Waals surface area contributed by atoms with Gasteiger partial charge in [-0.1, -0.05) is 5.16 Å². The summed E-state index contributed by atoms with van der Waals surface area (Å²) in [6, 6.07) is 11.1. The average Bonchev–Trinajstić information content (AvgIpc) is 3.34. The molecule has 11 heteroatoms. The molecule has 0 saturated carbocycles. The van der Waals surface area contributed by atoms with E-state index in [9.17, 15) is 18.4 Å². The van der Waals surface area contributed by atoms with E-state index in [2.05, 4.69) is 30.4 Å².